The summed E-state index contributed by atoms with van der Waals surface area (Å²) in [4.78, 5) is 20.4. The third kappa shape index (κ3) is 3.54. The highest BCUT2D eigenvalue weighted by Gasteiger charge is 2.46. The maximum atomic E-state index is 13.1. The first-order valence-electron chi connectivity index (χ1n) is 12.5. The van der Waals surface area contributed by atoms with Crippen molar-refractivity contribution in [3.8, 4) is 0 Å². The lowest BCUT2D eigenvalue weighted by Gasteiger charge is -2.55. The van der Waals surface area contributed by atoms with Gasteiger partial charge in [0.25, 0.3) is 5.56 Å². The lowest BCUT2D eigenvalue weighted by atomic mass is 9.65. The van der Waals surface area contributed by atoms with Crippen LogP contribution in [0, 0.1) is 17.8 Å². The summed E-state index contributed by atoms with van der Waals surface area (Å²) < 4.78 is 1.99. The highest BCUT2D eigenvalue weighted by atomic mass is 35.5. The topological polar surface area (TPSA) is 38.1 Å². The molecule has 166 valence electrons. The molecular formula is C26H34ClN3O. The quantitative estimate of drug-likeness (QED) is 0.591. The Balaban J connectivity index is 1.31. The number of hydrogen-bond donors (Lipinski definition) is 0. The Hall–Kier alpha value is -1.39. The van der Waals surface area contributed by atoms with Crippen LogP contribution in [0.2, 0.25) is 5.15 Å². The molecule has 0 N–H and O–H groups in total. The van der Waals surface area contributed by atoms with Gasteiger partial charge in [-0.15, -0.1) is 0 Å². The Bertz CT molecular complexity index is 1000. The van der Waals surface area contributed by atoms with E-state index in [4.69, 9.17) is 11.6 Å². The molecule has 0 amide bonds. The molecule has 5 heteroatoms. The van der Waals surface area contributed by atoms with E-state index in [0.717, 1.165) is 47.7 Å². The first-order chi connectivity index (χ1) is 15.1. The number of nitrogens with zero attached hydrogens (tertiary/aromatic N) is 3. The van der Waals surface area contributed by atoms with Crippen molar-refractivity contribution < 1.29 is 0 Å². The molecule has 0 spiro atoms. The van der Waals surface area contributed by atoms with E-state index in [1.165, 1.54) is 51.4 Å². The second-order valence-electron chi connectivity index (χ2n) is 11.0. The van der Waals surface area contributed by atoms with Gasteiger partial charge in [0.05, 0.1) is 11.0 Å². The lowest BCUT2D eigenvalue weighted by Crippen LogP contribution is -2.58. The van der Waals surface area contributed by atoms with E-state index in [-0.39, 0.29) is 16.8 Å². The summed E-state index contributed by atoms with van der Waals surface area (Å²) in [6, 6.07) is 10.2. The molecule has 3 heterocycles. The van der Waals surface area contributed by atoms with Gasteiger partial charge in [-0.05, 0) is 87.7 Å². The minimum atomic E-state index is -0.113. The number of aromatic nitrogens is 2. The molecule has 4 nitrogen and oxygen atoms in total. The summed E-state index contributed by atoms with van der Waals surface area (Å²) in [5.74, 6) is 2.81. The van der Waals surface area contributed by atoms with E-state index in [0.29, 0.717) is 12.1 Å². The lowest BCUT2D eigenvalue weighted by molar-refractivity contribution is -0.0524. The van der Waals surface area contributed by atoms with Crippen LogP contribution in [-0.2, 0) is 0 Å². The molecule has 2 aliphatic carbocycles. The summed E-state index contributed by atoms with van der Waals surface area (Å²) in [5, 5.41) is 0.112. The monoisotopic (exact) mass is 439 g/mol. The fourth-order valence-electron chi connectivity index (χ4n) is 8.08. The van der Waals surface area contributed by atoms with Crippen LogP contribution >= 0.6 is 11.6 Å². The molecule has 2 saturated heterocycles. The van der Waals surface area contributed by atoms with E-state index < -0.39 is 0 Å². The van der Waals surface area contributed by atoms with E-state index in [1.54, 1.807) is 0 Å². The van der Waals surface area contributed by atoms with Crippen LogP contribution in [0.1, 0.15) is 77.2 Å². The average molecular weight is 440 g/mol. The molecule has 31 heavy (non-hydrogen) atoms. The van der Waals surface area contributed by atoms with Crippen LogP contribution in [0.3, 0.4) is 0 Å². The molecule has 2 aromatic rings. The number of rotatable bonds is 2. The second-order valence-corrected chi connectivity index (χ2v) is 11.4. The van der Waals surface area contributed by atoms with Crippen molar-refractivity contribution >= 4 is 22.6 Å². The maximum absolute atomic E-state index is 13.1. The number of fused-ring (bicyclic) bond motifs is 5. The SMILES string of the molecule is CC1C[C@@H]2C[C@H](C1)C[C@@H](N1[C@@H]3CCC[C@H]1C[C@@H](n1c(=O)c(Cl)nc4ccccc41)C3)C2. The molecule has 1 aromatic heterocycles. The number of para-hydroxylation sites is 2. The van der Waals surface area contributed by atoms with E-state index >= 15 is 0 Å². The molecule has 2 saturated carbocycles. The fraction of sp³-hybridized carbons (Fsp3) is 0.692. The van der Waals surface area contributed by atoms with Gasteiger partial charge in [0.15, 0.2) is 5.15 Å². The van der Waals surface area contributed by atoms with Gasteiger partial charge in [-0.25, -0.2) is 4.98 Å². The maximum Gasteiger partial charge on any atom is 0.288 e. The van der Waals surface area contributed by atoms with Crippen molar-refractivity contribution in [2.45, 2.75) is 95.3 Å². The van der Waals surface area contributed by atoms with Crippen molar-refractivity contribution in [2.24, 2.45) is 17.8 Å². The van der Waals surface area contributed by atoms with Crippen LogP contribution in [-0.4, -0.2) is 32.6 Å². The minimum absolute atomic E-state index is 0.112. The summed E-state index contributed by atoms with van der Waals surface area (Å²) in [5.41, 5.74) is 1.65. The first-order valence-corrected chi connectivity index (χ1v) is 12.9. The summed E-state index contributed by atoms with van der Waals surface area (Å²) >= 11 is 6.29. The van der Waals surface area contributed by atoms with Crippen molar-refractivity contribution in [1.82, 2.24) is 14.5 Å². The minimum Gasteiger partial charge on any atom is -0.301 e. The predicted octanol–water partition coefficient (Wildman–Crippen LogP) is 5.82. The molecular weight excluding hydrogens is 406 g/mol. The summed E-state index contributed by atoms with van der Waals surface area (Å²) in [6.45, 7) is 2.46. The normalized spacial score (nSPS) is 38.3. The van der Waals surface area contributed by atoms with Crippen LogP contribution in [0.5, 0.6) is 0 Å². The van der Waals surface area contributed by atoms with Gasteiger partial charge in [0, 0.05) is 24.2 Å². The Labute approximate surface area is 190 Å². The smallest absolute Gasteiger partial charge is 0.288 e. The summed E-state index contributed by atoms with van der Waals surface area (Å²) in [6.07, 6.45) is 13.2. The van der Waals surface area contributed by atoms with Gasteiger partial charge in [-0.1, -0.05) is 37.1 Å². The predicted molar refractivity (Wildman–Crippen MR) is 126 cm³/mol. The average Bonchev–Trinajstić information content (AvgIpc) is 2.73. The molecule has 7 atom stereocenters. The standard InChI is InChI=1S/C26H34ClN3O/c1-16-9-17-11-18(10-16)13-21(12-17)29-19-5-4-6-20(29)15-22(14-19)30-24-8-3-2-7-23(24)28-25(27)26(30)31/h2-3,7-8,16-22H,4-6,9-15H2,1H3/t16?,17-,18+,19-,20+,21+,22+. The Morgan fingerprint density at radius 3 is 2.26 bits per heavy atom. The molecule has 1 aromatic carbocycles. The second kappa shape index (κ2) is 7.88. The number of benzene rings is 1. The van der Waals surface area contributed by atoms with E-state index in [9.17, 15) is 4.79 Å². The van der Waals surface area contributed by atoms with E-state index in [2.05, 4.69) is 16.8 Å². The largest absolute Gasteiger partial charge is 0.301 e. The molecule has 4 bridgehead atoms. The number of piperidine rings is 2. The van der Waals surface area contributed by atoms with Crippen molar-refractivity contribution in [3.05, 3.63) is 39.8 Å². The summed E-state index contributed by atoms with van der Waals surface area (Å²) in [7, 11) is 0. The van der Waals surface area contributed by atoms with Crippen molar-refractivity contribution in [2.75, 3.05) is 0 Å². The zero-order valence-corrected chi connectivity index (χ0v) is 19.3. The highest BCUT2D eigenvalue weighted by Crippen LogP contribution is 2.48. The van der Waals surface area contributed by atoms with Crippen molar-refractivity contribution in [1.29, 1.82) is 0 Å². The third-order valence-corrected chi connectivity index (χ3v) is 9.14. The molecule has 2 aliphatic heterocycles. The van der Waals surface area contributed by atoms with Gasteiger partial charge in [-0.2, -0.15) is 0 Å². The molecule has 4 fully saturated rings. The highest BCUT2D eigenvalue weighted by molar-refractivity contribution is 6.29. The van der Waals surface area contributed by atoms with Gasteiger partial charge in [0.1, 0.15) is 0 Å². The van der Waals surface area contributed by atoms with E-state index in [1.807, 2.05) is 28.8 Å². The molecule has 0 radical (unpaired) electrons. The Kier molecular flexibility index (Phi) is 5.14. The van der Waals surface area contributed by atoms with Crippen LogP contribution in [0.4, 0.5) is 0 Å². The number of hydrogen-bond acceptors (Lipinski definition) is 3. The van der Waals surface area contributed by atoms with Crippen LogP contribution in [0.15, 0.2) is 29.1 Å². The van der Waals surface area contributed by atoms with Gasteiger partial charge in [0.2, 0.25) is 0 Å². The van der Waals surface area contributed by atoms with Crippen LogP contribution < -0.4 is 5.56 Å². The van der Waals surface area contributed by atoms with Gasteiger partial charge in [-0.3, -0.25) is 9.69 Å². The van der Waals surface area contributed by atoms with Crippen LogP contribution in [0.25, 0.3) is 11.0 Å². The van der Waals surface area contributed by atoms with Gasteiger partial charge >= 0.3 is 0 Å². The van der Waals surface area contributed by atoms with Crippen molar-refractivity contribution in [3.63, 3.8) is 0 Å². The Morgan fingerprint density at radius 1 is 0.871 bits per heavy atom. The molecule has 1 unspecified atom stereocenters. The molecule has 4 aliphatic rings. The van der Waals surface area contributed by atoms with Gasteiger partial charge < -0.3 is 4.57 Å². The zero-order chi connectivity index (χ0) is 21.1. The fourth-order valence-corrected chi connectivity index (χ4v) is 8.26. The Morgan fingerprint density at radius 2 is 1.55 bits per heavy atom. The zero-order valence-electron chi connectivity index (χ0n) is 18.5. The molecule has 6 rings (SSSR count). The first kappa shape index (κ1) is 20.2. The third-order valence-electron chi connectivity index (χ3n) is 8.90. The number of halogens is 1.